The molecule has 0 aliphatic carbocycles. The third-order valence-electron chi connectivity index (χ3n) is 7.57. The second kappa shape index (κ2) is 15.1. The van der Waals surface area contributed by atoms with E-state index < -0.39 is 28.9 Å². The minimum Gasteiger partial charge on any atom is -0.611 e. The molecule has 3 aromatic heterocycles. The van der Waals surface area contributed by atoms with Crippen molar-refractivity contribution in [3.63, 3.8) is 0 Å². The lowest BCUT2D eigenvalue weighted by Gasteiger charge is -2.12. The van der Waals surface area contributed by atoms with Gasteiger partial charge in [-0.05, 0) is 68.2 Å². The number of hydrogen-bond acceptors (Lipinski definition) is 6. The molecule has 0 aliphatic rings. The van der Waals surface area contributed by atoms with Crippen LogP contribution in [0.1, 0.15) is 60.1 Å². The summed E-state index contributed by atoms with van der Waals surface area (Å²) in [7, 11) is 0. The van der Waals surface area contributed by atoms with Crippen LogP contribution in [0.15, 0.2) is 41.7 Å². The minimum atomic E-state index is -1.24. The number of aromatic nitrogens is 3. The number of carbonyl (C=O) groups is 4. The molecule has 0 aliphatic heterocycles. The van der Waals surface area contributed by atoms with Crippen LogP contribution < -0.4 is 27.1 Å². The third kappa shape index (κ3) is 7.70. The molecule has 4 aromatic rings. The van der Waals surface area contributed by atoms with Crippen molar-refractivity contribution in [2.75, 3.05) is 34.2 Å². The summed E-state index contributed by atoms with van der Waals surface area (Å²) in [6.45, 7) is 7.15. The van der Waals surface area contributed by atoms with Crippen molar-refractivity contribution >= 4 is 64.1 Å². The summed E-state index contributed by atoms with van der Waals surface area (Å²) in [5.74, 6) is -0.859. The first-order valence-electron chi connectivity index (χ1n) is 14.4. The highest BCUT2D eigenvalue weighted by Gasteiger charge is 2.24. The number of carbonyl (C=O) groups excluding carboxylic acids is 4. The predicted molar refractivity (Wildman–Crippen MR) is 183 cm³/mol. The number of alkyl halides is 1. The van der Waals surface area contributed by atoms with Crippen molar-refractivity contribution < 1.29 is 23.7 Å². The molecule has 0 bridgehead atoms. The van der Waals surface area contributed by atoms with Crippen LogP contribution in [-0.2, 0) is 16.0 Å². The molecule has 16 heteroatoms. The summed E-state index contributed by atoms with van der Waals surface area (Å²) in [4.78, 5) is 57.1. The van der Waals surface area contributed by atoms with Crippen molar-refractivity contribution in [1.82, 2.24) is 20.0 Å². The molecule has 1 aromatic carbocycles. The Hall–Kier alpha value is -4.99. The molecule has 0 saturated heterocycles. The number of benzene rings is 1. The summed E-state index contributed by atoms with van der Waals surface area (Å²) in [5.41, 5.74) is 13.0. The molecule has 47 heavy (non-hydrogen) atoms. The molecule has 0 saturated carbocycles. The molecule has 0 spiro atoms. The number of nitrogens with zero attached hydrogens (tertiary/aromatic N) is 1. The molecule has 4 amide bonds. The van der Waals surface area contributed by atoms with Gasteiger partial charge in [-0.1, -0.05) is 0 Å². The fourth-order valence-electron chi connectivity index (χ4n) is 5.07. The Morgan fingerprint density at radius 1 is 1.00 bits per heavy atom. The van der Waals surface area contributed by atoms with E-state index >= 15 is 0 Å². The number of aromatic amines is 2. The standard InChI is InChI=1S/C31H36ClN9O5S/c1-16-11-20(5-6-24(16)47(46)10-8-32)21-14-41(38-15-42)28(17(21)2)31(45)40-23-13-37-27(19(23)4)30(44)39-22-12-36-26(18(22)3)29(43)35-9-7-25(33)34/h5-6,11-15,36-37H,7-10H2,1-4H3,(H3,33,34)(H,35,43)(H,38,42)(H,39,44)(H,40,45). The molecule has 14 nitrogen and oxygen atoms in total. The number of amidine groups is 1. The number of amides is 4. The Balaban J connectivity index is 1.52. The monoisotopic (exact) mass is 681 g/mol. The number of anilines is 2. The van der Waals surface area contributed by atoms with Gasteiger partial charge >= 0.3 is 0 Å². The number of aryl methyl sites for hydroxylation is 1. The van der Waals surface area contributed by atoms with Gasteiger partial charge in [-0.2, -0.15) is 0 Å². The normalized spacial score (nSPS) is 11.5. The topological polar surface area (TPSA) is 226 Å². The van der Waals surface area contributed by atoms with Gasteiger partial charge in [0.1, 0.15) is 22.8 Å². The highest BCUT2D eigenvalue weighted by Crippen LogP contribution is 2.31. The maximum atomic E-state index is 13.6. The molecule has 4 rings (SSSR count). The smallest absolute Gasteiger partial charge is 0.274 e. The van der Waals surface area contributed by atoms with E-state index in [-0.39, 0.29) is 41.8 Å². The van der Waals surface area contributed by atoms with Crippen LogP contribution in [0.4, 0.5) is 11.4 Å². The SMILES string of the molecule is Cc1cc(-c2cn(NC=O)c(C(=O)Nc3c[nH]c(C(=O)Nc4c[nH]c(C(=O)NCCC(=N)N)c4C)c3C)c2C)ccc1[S+]([O-])CCCl. The van der Waals surface area contributed by atoms with E-state index in [2.05, 4.69) is 31.3 Å². The first-order chi connectivity index (χ1) is 22.4. The molecule has 1 atom stereocenters. The number of nitrogens with one attached hydrogen (secondary N) is 7. The number of hydrogen-bond donors (Lipinski definition) is 8. The average Bonchev–Trinajstić information content (AvgIpc) is 3.67. The van der Waals surface area contributed by atoms with Gasteiger partial charge in [0.15, 0.2) is 4.90 Å². The molecule has 9 N–H and O–H groups in total. The quantitative estimate of drug-likeness (QED) is 0.0326. The lowest BCUT2D eigenvalue weighted by Crippen LogP contribution is -2.28. The van der Waals surface area contributed by atoms with Gasteiger partial charge in [0.2, 0.25) is 6.41 Å². The summed E-state index contributed by atoms with van der Waals surface area (Å²) in [6, 6.07) is 5.45. The summed E-state index contributed by atoms with van der Waals surface area (Å²) in [6.07, 6.45) is 5.28. The largest absolute Gasteiger partial charge is 0.611 e. The Kier molecular flexibility index (Phi) is 11.2. The van der Waals surface area contributed by atoms with Crippen LogP contribution in [-0.4, -0.2) is 67.3 Å². The van der Waals surface area contributed by atoms with Gasteiger partial charge < -0.3 is 36.2 Å². The molecule has 0 radical (unpaired) electrons. The minimum absolute atomic E-state index is 0.0413. The predicted octanol–water partition coefficient (Wildman–Crippen LogP) is 3.65. The van der Waals surface area contributed by atoms with Crippen molar-refractivity contribution in [3.8, 4) is 11.1 Å². The zero-order valence-corrected chi connectivity index (χ0v) is 27.8. The number of H-pyrrole nitrogens is 2. The van der Waals surface area contributed by atoms with Gasteiger partial charge in [-0.15, -0.1) is 11.6 Å². The molecule has 1 unspecified atom stereocenters. The van der Waals surface area contributed by atoms with E-state index in [9.17, 15) is 23.7 Å². The fourth-order valence-corrected chi connectivity index (χ4v) is 6.49. The van der Waals surface area contributed by atoms with Crippen LogP contribution >= 0.6 is 11.6 Å². The first-order valence-corrected chi connectivity index (χ1v) is 16.3. The summed E-state index contributed by atoms with van der Waals surface area (Å²) in [5, 5.41) is 15.5. The maximum Gasteiger partial charge on any atom is 0.274 e. The number of nitrogens with two attached hydrogens (primary N) is 1. The molecular weight excluding hydrogens is 646 g/mol. The van der Waals surface area contributed by atoms with E-state index in [4.69, 9.17) is 22.7 Å². The maximum absolute atomic E-state index is 13.6. The van der Waals surface area contributed by atoms with Gasteiger partial charge in [0.05, 0.1) is 23.1 Å². The Morgan fingerprint density at radius 2 is 1.62 bits per heavy atom. The Bertz CT molecular complexity index is 1840. The Labute approximate surface area is 278 Å². The summed E-state index contributed by atoms with van der Waals surface area (Å²) < 4.78 is 13.8. The van der Waals surface area contributed by atoms with Crippen LogP contribution in [0.2, 0.25) is 0 Å². The van der Waals surface area contributed by atoms with Crippen molar-refractivity contribution in [1.29, 1.82) is 5.41 Å². The van der Waals surface area contributed by atoms with Gasteiger partial charge in [0.25, 0.3) is 17.7 Å². The molecule has 3 heterocycles. The van der Waals surface area contributed by atoms with E-state index in [1.54, 1.807) is 39.1 Å². The van der Waals surface area contributed by atoms with E-state index in [0.717, 1.165) is 11.1 Å². The zero-order valence-electron chi connectivity index (χ0n) is 26.2. The molecule has 248 valence electrons. The second-order valence-corrected chi connectivity index (χ2v) is 12.6. The first kappa shape index (κ1) is 34.9. The highest BCUT2D eigenvalue weighted by molar-refractivity contribution is 7.91. The van der Waals surface area contributed by atoms with E-state index in [0.29, 0.717) is 50.7 Å². The lowest BCUT2D eigenvalue weighted by atomic mass is 10.0. The number of rotatable bonds is 14. The van der Waals surface area contributed by atoms with E-state index in [1.165, 1.54) is 17.1 Å². The fraction of sp³-hybridized carbons (Fsp3) is 0.258. The van der Waals surface area contributed by atoms with Crippen molar-refractivity contribution in [2.24, 2.45) is 5.73 Å². The zero-order chi connectivity index (χ0) is 34.4. The number of halogens is 1. The van der Waals surface area contributed by atoms with Crippen molar-refractivity contribution in [2.45, 2.75) is 39.0 Å². The van der Waals surface area contributed by atoms with Gasteiger partial charge in [-0.3, -0.25) is 34.7 Å². The van der Waals surface area contributed by atoms with Gasteiger partial charge in [0, 0.05) is 53.8 Å². The lowest BCUT2D eigenvalue weighted by molar-refractivity contribution is -0.106. The Morgan fingerprint density at radius 3 is 2.19 bits per heavy atom. The van der Waals surface area contributed by atoms with Crippen LogP contribution in [0.3, 0.4) is 0 Å². The van der Waals surface area contributed by atoms with Crippen molar-refractivity contribution in [3.05, 3.63) is 76.1 Å². The second-order valence-electron chi connectivity index (χ2n) is 10.7. The van der Waals surface area contributed by atoms with Crippen LogP contribution in [0, 0.1) is 33.1 Å². The van der Waals surface area contributed by atoms with E-state index in [1.807, 2.05) is 13.0 Å². The molecule has 0 fully saturated rings. The summed E-state index contributed by atoms with van der Waals surface area (Å²) >= 11 is 4.53. The van der Waals surface area contributed by atoms with Gasteiger partial charge in [-0.25, -0.2) is 0 Å². The van der Waals surface area contributed by atoms with Crippen LogP contribution in [0.5, 0.6) is 0 Å². The molecular formula is C31H36ClN9O5S. The van der Waals surface area contributed by atoms with Crippen LogP contribution in [0.25, 0.3) is 11.1 Å². The average molecular weight is 682 g/mol. The highest BCUT2D eigenvalue weighted by atomic mass is 35.5. The third-order valence-corrected chi connectivity index (χ3v) is 9.51.